The number of aryl methyl sites for hydroxylation is 2. The van der Waals surface area contributed by atoms with Crippen molar-refractivity contribution in [3.8, 4) is 0 Å². The summed E-state index contributed by atoms with van der Waals surface area (Å²) in [5.41, 5.74) is 11.8. The second-order valence-corrected chi connectivity index (χ2v) is 8.02. The minimum atomic E-state index is -0.0486. The van der Waals surface area contributed by atoms with Crippen molar-refractivity contribution in [2.45, 2.75) is 39.4 Å². The minimum Gasteiger partial charge on any atom is -0.352 e. The van der Waals surface area contributed by atoms with Crippen molar-refractivity contribution in [1.29, 1.82) is 0 Å². The molecule has 156 valence electrons. The van der Waals surface area contributed by atoms with E-state index in [2.05, 4.69) is 95.8 Å². The number of hydrogen-bond acceptors (Lipinski definition) is 3. The summed E-state index contributed by atoms with van der Waals surface area (Å²) >= 11 is 0. The molecule has 1 heterocycles. The first-order valence-corrected chi connectivity index (χ1v) is 10.9. The van der Waals surface area contributed by atoms with Gasteiger partial charge < -0.3 is 15.6 Å². The number of unbranched alkanes of at least 4 members (excludes halogenated alkanes) is 2. The molecule has 4 aromatic rings. The molecule has 4 rings (SSSR count). The van der Waals surface area contributed by atoms with Crippen LogP contribution in [0.4, 0.5) is 5.69 Å². The SMILES string of the molecule is Cc1cccc(C)c1NC(NCCCCCN)n1c2ccccc2c2ccccc21. The molecule has 0 saturated carbocycles. The molecule has 1 aromatic heterocycles. The van der Waals surface area contributed by atoms with Crippen LogP contribution < -0.4 is 16.4 Å². The molecule has 0 spiro atoms. The van der Waals surface area contributed by atoms with Crippen molar-refractivity contribution in [2.75, 3.05) is 18.4 Å². The van der Waals surface area contributed by atoms with E-state index in [1.807, 2.05) is 0 Å². The van der Waals surface area contributed by atoms with Gasteiger partial charge in [0.25, 0.3) is 0 Å². The average molecular weight is 401 g/mol. The number of anilines is 1. The van der Waals surface area contributed by atoms with Crippen LogP contribution in [0.1, 0.15) is 36.7 Å². The van der Waals surface area contributed by atoms with Gasteiger partial charge in [-0.3, -0.25) is 5.32 Å². The van der Waals surface area contributed by atoms with Crippen molar-refractivity contribution in [3.05, 3.63) is 77.9 Å². The van der Waals surface area contributed by atoms with Gasteiger partial charge in [-0.15, -0.1) is 0 Å². The molecule has 1 unspecified atom stereocenters. The number of fused-ring (bicyclic) bond motifs is 3. The van der Waals surface area contributed by atoms with Gasteiger partial charge in [-0.05, 0) is 63.0 Å². The van der Waals surface area contributed by atoms with Crippen LogP contribution in [0.5, 0.6) is 0 Å². The Bertz CT molecular complexity index is 1060. The number of hydrogen-bond donors (Lipinski definition) is 3. The summed E-state index contributed by atoms with van der Waals surface area (Å²) in [5, 5.41) is 10.2. The van der Waals surface area contributed by atoms with Crippen molar-refractivity contribution < 1.29 is 0 Å². The molecule has 4 N–H and O–H groups in total. The molecule has 0 radical (unpaired) electrons. The largest absolute Gasteiger partial charge is 0.352 e. The molecule has 0 aliphatic rings. The Morgan fingerprint density at radius 1 is 0.767 bits per heavy atom. The van der Waals surface area contributed by atoms with E-state index in [9.17, 15) is 0 Å². The third-order valence-electron chi connectivity index (χ3n) is 5.86. The number of para-hydroxylation sites is 3. The summed E-state index contributed by atoms with van der Waals surface area (Å²) in [7, 11) is 0. The highest BCUT2D eigenvalue weighted by Crippen LogP contribution is 2.32. The highest BCUT2D eigenvalue weighted by Gasteiger charge is 2.18. The van der Waals surface area contributed by atoms with E-state index < -0.39 is 0 Å². The van der Waals surface area contributed by atoms with E-state index in [-0.39, 0.29) is 6.29 Å². The first kappa shape index (κ1) is 20.5. The smallest absolute Gasteiger partial charge is 0.159 e. The lowest BCUT2D eigenvalue weighted by Crippen LogP contribution is -2.34. The third-order valence-corrected chi connectivity index (χ3v) is 5.86. The number of benzene rings is 3. The van der Waals surface area contributed by atoms with Gasteiger partial charge in [0.15, 0.2) is 6.29 Å². The Balaban J connectivity index is 1.77. The zero-order chi connectivity index (χ0) is 20.9. The maximum Gasteiger partial charge on any atom is 0.159 e. The van der Waals surface area contributed by atoms with Gasteiger partial charge in [0, 0.05) is 16.5 Å². The van der Waals surface area contributed by atoms with Crippen LogP contribution in [0, 0.1) is 13.8 Å². The van der Waals surface area contributed by atoms with E-state index in [0.717, 1.165) is 32.4 Å². The molecule has 0 saturated heterocycles. The topological polar surface area (TPSA) is 55.0 Å². The average Bonchev–Trinajstić information content (AvgIpc) is 3.09. The second-order valence-electron chi connectivity index (χ2n) is 8.02. The Kier molecular flexibility index (Phi) is 6.36. The number of nitrogens with one attached hydrogen (secondary N) is 2. The second kappa shape index (κ2) is 9.33. The number of nitrogens with zero attached hydrogens (tertiary/aromatic N) is 1. The first-order valence-electron chi connectivity index (χ1n) is 10.9. The van der Waals surface area contributed by atoms with Crippen LogP contribution in [-0.2, 0) is 0 Å². The Morgan fingerprint density at radius 2 is 1.37 bits per heavy atom. The Morgan fingerprint density at radius 3 is 1.97 bits per heavy atom. The van der Waals surface area contributed by atoms with Crippen molar-refractivity contribution in [1.82, 2.24) is 9.88 Å². The molecule has 4 heteroatoms. The van der Waals surface area contributed by atoms with Crippen LogP contribution in [0.2, 0.25) is 0 Å². The zero-order valence-electron chi connectivity index (χ0n) is 18.0. The maximum absolute atomic E-state index is 5.67. The highest BCUT2D eigenvalue weighted by atomic mass is 15.3. The number of nitrogens with two attached hydrogens (primary N) is 1. The fourth-order valence-electron chi connectivity index (χ4n) is 4.30. The van der Waals surface area contributed by atoms with Crippen molar-refractivity contribution >= 4 is 27.5 Å². The fourth-order valence-corrected chi connectivity index (χ4v) is 4.30. The molecule has 0 fully saturated rings. The van der Waals surface area contributed by atoms with Gasteiger partial charge in [-0.2, -0.15) is 0 Å². The lowest BCUT2D eigenvalue weighted by Gasteiger charge is -2.27. The summed E-state index contributed by atoms with van der Waals surface area (Å²) in [6, 6.07) is 23.8. The van der Waals surface area contributed by atoms with Crippen molar-refractivity contribution in [3.63, 3.8) is 0 Å². The van der Waals surface area contributed by atoms with E-state index in [0.29, 0.717) is 0 Å². The van der Waals surface area contributed by atoms with Gasteiger partial charge in [-0.25, -0.2) is 0 Å². The van der Waals surface area contributed by atoms with Crippen molar-refractivity contribution in [2.24, 2.45) is 5.73 Å². The molecule has 1 atom stereocenters. The van der Waals surface area contributed by atoms with Gasteiger partial charge in [0.1, 0.15) is 0 Å². The quantitative estimate of drug-likeness (QED) is 0.250. The molecule has 0 amide bonds. The lowest BCUT2D eigenvalue weighted by atomic mass is 10.1. The fraction of sp³-hybridized carbons (Fsp3) is 0.308. The molecule has 3 aromatic carbocycles. The molecule has 0 aliphatic carbocycles. The van der Waals surface area contributed by atoms with Gasteiger partial charge in [0.2, 0.25) is 0 Å². The molecule has 4 nitrogen and oxygen atoms in total. The third kappa shape index (κ3) is 4.07. The number of aromatic nitrogens is 1. The standard InChI is InChI=1S/C26H32N4/c1-19-11-10-12-20(2)25(19)29-26(28-18-9-3-8-17-27)30-23-15-6-4-13-21(23)22-14-5-7-16-24(22)30/h4-7,10-16,26,28-29H,3,8-9,17-18,27H2,1-2H3. The predicted molar refractivity (Wildman–Crippen MR) is 129 cm³/mol. The minimum absolute atomic E-state index is 0.0486. The van der Waals surface area contributed by atoms with Crippen LogP contribution in [0.25, 0.3) is 21.8 Å². The molecule has 0 bridgehead atoms. The van der Waals surface area contributed by atoms with E-state index in [1.165, 1.54) is 38.6 Å². The van der Waals surface area contributed by atoms with E-state index in [4.69, 9.17) is 5.73 Å². The van der Waals surface area contributed by atoms with Gasteiger partial charge in [0.05, 0.1) is 11.0 Å². The monoisotopic (exact) mass is 400 g/mol. The van der Waals surface area contributed by atoms with Crippen LogP contribution >= 0.6 is 0 Å². The first-order chi connectivity index (χ1) is 14.7. The Labute approximate surface area is 179 Å². The summed E-state index contributed by atoms with van der Waals surface area (Å²) in [4.78, 5) is 0. The molecular weight excluding hydrogens is 368 g/mol. The van der Waals surface area contributed by atoms with Crippen LogP contribution in [0.15, 0.2) is 66.7 Å². The van der Waals surface area contributed by atoms with E-state index in [1.54, 1.807) is 0 Å². The molecular formula is C26H32N4. The van der Waals surface area contributed by atoms with Gasteiger partial charge >= 0.3 is 0 Å². The van der Waals surface area contributed by atoms with Crippen LogP contribution in [0.3, 0.4) is 0 Å². The van der Waals surface area contributed by atoms with Crippen LogP contribution in [-0.4, -0.2) is 17.7 Å². The molecule has 30 heavy (non-hydrogen) atoms. The predicted octanol–water partition coefficient (Wildman–Crippen LogP) is 5.70. The highest BCUT2D eigenvalue weighted by molar-refractivity contribution is 6.08. The summed E-state index contributed by atoms with van der Waals surface area (Å²) in [6.07, 6.45) is 3.28. The summed E-state index contributed by atoms with van der Waals surface area (Å²) in [6.45, 7) is 6.03. The maximum atomic E-state index is 5.67. The summed E-state index contributed by atoms with van der Waals surface area (Å²) in [5.74, 6) is 0. The lowest BCUT2D eigenvalue weighted by molar-refractivity contribution is 0.458. The van der Waals surface area contributed by atoms with Gasteiger partial charge in [-0.1, -0.05) is 61.0 Å². The zero-order valence-corrected chi connectivity index (χ0v) is 18.0. The number of rotatable bonds is 9. The normalized spacial score (nSPS) is 12.5. The molecule has 0 aliphatic heterocycles. The Hall–Kier alpha value is -2.82. The van der Waals surface area contributed by atoms with E-state index >= 15 is 0 Å². The summed E-state index contributed by atoms with van der Waals surface area (Å²) < 4.78 is 2.40.